The first kappa shape index (κ1) is 16.0. The maximum Gasteiger partial charge on any atom is 0.0979 e. The Bertz CT molecular complexity index is 557. The molecule has 3 atom stereocenters. The van der Waals surface area contributed by atoms with E-state index in [1.165, 1.54) is 17.5 Å². The Kier molecular flexibility index (Phi) is 4.74. The van der Waals surface area contributed by atoms with E-state index in [0.29, 0.717) is 5.92 Å². The van der Waals surface area contributed by atoms with Crippen molar-refractivity contribution in [3.63, 3.8) is 0 Å². The Labute approximate surface area is 128 Å². The highest BCUT2D eigenvalue weighted by atomic mass is 16.3. The molecule has 1 aliphatic rings. The fraction of sp³-hybridized carbons (Fsp3) is 0.632. The predicted molar refractivity (Wildman–Crippen MR) is 85.9 cm³/mol. The molecular weight excluding hydrogens is 258 g/mol. The molecule has 0 saturated heterocycles. The van der Waals surface area contributed by atoms with Gasteiger partial charge in [-0.25, -0.2) is 0 Å². The summed E-state index contributed by atoms with van der Waals surface area (Å²) in [5, 5.41) is 20.8. The van der Waals surface area contributed by atoms with E-state index in [1.807, 2.05) is 6.92 Å². The maximum atomic E-state index is 11.0. The molecular formula is C19H27NO. The van der Waals surface area contributed by atoms with Gasteiger partial charge in [-0.05, 0) is 61.8 Å². The molecule has 2 nitrogen and oxygen atoms in total. The van der Waals surface area contributed by atoms with Crippen LogP contribution in [0.2, 0.25) is 0 Å². The van der Waals surface area contributed by atoms with Crippen LogP contribution in [0, 0.1) is 43.4 Å². The van der Waals surface area contributed by atoms with Crippen molar-refractivity contribution in [1.82, 2.24) is 0 Å². The molecule has 3 unspecified atom stereocenters. The molecule has 114 valence electrons. The highest BCUT2D eigenvalue weighted by Crippen LogP contribution is 2.49. The van der Waals surface area contributed by atoms with Gasteiger partial charge in [0.25, 0.3) is 0 Å². The van der Waals surface area contributed by atoms with Crippen LogP contribution in [0.5, 0.6) is 0 Å². The van der Waals surface area contributed by atoms with Gasteiger partial charge in [-0.2, -0.15) is 5.26 Å². The molecule has 1 N–H and O–H groups in total. The highest BCUT2D eigenvalue weighted by Gasteiger charge is 2.43. The number of aryl methyl sites for hydroxylation is 3. The first-order chi connectivity index (χ1) is 9.93. The molecule has 0 spiro atoms. The van der Waals surface area contributed by atoms with Crippen molar-refractivity contribution in [2.45, 2.75) is 65.9 Å². The molecule has 0 radical (unpaired) electrons. The van der Waals surface area contributed by atoms with E-state index in [9.17, 15) is 10.4 Å². The number of nitriles is 1. The number of aliphatic hydroxyl groups is 1. The zero-order chi connectivity index (χ0) is 15.6. The molecule has 1 aliphatic carbocycles. The predicted octanol–water partition coefficient (Wildman–Crippen LogP) is 4.76. The van der Waals surface area contributed by atoms with E-state index in [-0.39, 0.29) is 0 Å². The van der Waals surface area contributed by atoms with E-state index >= 15 is 0 Å². The van der Waals surface area contributed by atoms with E-state index in [1.54, 1.807) is 0 Å². The van der Waals surface area contributed by atoms with Crippen LogP contribution in [-0.2, 0) is 0 Å². The number of hydrogen-bond acceptors (Lipinski definition) is 2. The molecule has 1 aromatic carbocycles. The van der Waals surface area contributed by atoms with E-state index < -0.39 is 11.5 Å². The van der Waals surface area contributed by atoms with Crippen molar-refractivity contribution in [2.24, 2.45) is 11.3 Å². The number of benzene rings is 1. The third kappa shape index (κ3) is 2.99. The lowest BCUT2D eigenvalue weighted by molar-refractivity contribution is 0.0181. The fourth-order valence-corrected chi connectivity index (χ4v) is 3.76. The third-order valence-electron chi connectivity index (χ3n) is 5.39. The maximum absolute atomic E-state index is 11.0. The van der Waals surface area contributed by atoms with E-state index in [4.69, 9.17) is 0 Å². The second-order valence-corrected chi connectivity index (χ2v) is 6.83. The average Bonchev–Trinajstić information content (AvgIpc) is 2.50. The van der Waals surface area contributed by atoms with Crippen LogP contribution in [0.3, 0.4) is 0 Å². The molecule has 1 aromatic rings. The highest BCUT2D eigenvalue weighted by molar-refractivity contribution is 5.39. The fourth-order valence-electron chi connectivity index (χ4n) is 3.76. The van der Waals surface area contributed by atoms with Crippen LogP contribution in [0.4, 0.5) is 0 Å². The Morgan fingerprint density at radius 3 is 2.57 bits per heavy atom. The monoisotopic (exact) mass is 285 g/mol. The van der Waals surface area contributed by atoms with Crippen molar-refractivity contribution in [3.05, 3.63) is 34.4 Å². The van der Waals surface area contributed by atoms with Gasteiger partial charge in [-0.15, -0.1) is 0 Å². The molecule has 0 bridgehead atoms. The number of nitrogens with zero attached hydrogens (tertiary/aromatic N) is 1. The van der Waals surface area contributed by atoms with Crippen LogP contribution in [0.25, 0.3) is 0 Å². The summed E-state index contributed by atoms with van der Waals surface area (Å²) in [5.41, 5.74) is 3.86. The van der Waals surface area contributed by atoms with Crippen LogP contribution in [-0.4, -0.2) is 5.11 Å². The van der Waals surface area contributed by atoms with Crippen LogP contribution < -0.4 is 0 Å². The molecule has 0 heterocycles. The summed E-state index contributed by atoms with van der Waals surface area (Å²) in [6.07, 6.45) is 4.31. The summed E-state index contributed by atoms with van der Waals surface area (Å²) >= 11 is 0. The lowest BCUT2D eigenvalue weighted by atomic mass is 9.65. The van der Waals surface area contributed by atoms with Gasteiger partial charge < -0.3 is 5.11 Å². The minimum Gasteiger partial charge on any atom is -0.387 e. The van der Waals surface area contributed by atoms with E-state index in [0.717, 1.165) is 36.8 Å². The van der Waals surface area contributed by atoms with Gasteiger partial charge >= 0.3 is 0 Å². The second-order valence-electron chi connectivity index (χ2n) is 6.83. The molecule has 0 amide bonds. The van der Waals surface area contributed by atoms with Gasteiger partial charge in [0.15, 0.2) is 0 Å². The SMILES string of the molecule is CCC1CCCC(C#N)(C(O)c2cc(C)c(C)cc2C)C1. The summed E-state index contributed by atoms with van der Waals surface area (Å²) in [5.74, 6) is 0.569. The lowest BCUT2D eigenvalue weighted by Crippen LogP contribution is -2.34. The Hall–Kier alpha value is -1.33. The van der Waals surface area contributed by atoms with E-state index in [2.05, 4.69) is 39.0 Å². The van der Waals surface area contributed by atoms with Gasteiger partial charge in [0, 0.05) is 0 Å². The molecule has 21 heavy (non-hydrogen) atoms. The molecule has 0 aliphatic heterocycles. The summed E-state index contributed by atoms with van der Waals surface area (Å²) < 4.78 is 0. The molecule has 2 heteroatoms. The van der Waals surface area contributed by atoms with Crippen molar-refractivity contribution < 1.29 is 5.11 Å². The van der Waals surface area contributed by atoms with Gasteiger partial charge in [0.05, 0.1) is 17.6 Å². The quantitative estimate of drug-likeness (QED) is 0.870. The number of rotatable bonds is 3. The summed E-state index contributed by atoms with van der Waals surface area (Å²) in [6.45, 7) is 8.38. The van der Waals surface area contributed by atoms with Gasteiger partial charge in [0.2, 0.25) is 0 Å². The Balaban J connectivity index is 2.39. The smallest absolute Gasteiger partial charge is 0.0979 e. The molecule has 2 rings (SSSR count). The van der Waals surface area contributed by atoms with Crippen molar-refractivity contribution >= 4 is 0 Å². The largest absolute Gasteiger partial charge is 0.387 e. The lowest BCUT2D eigenvalue weighted by Gasteiger charge is -2.39. The van der Waals surface area contributed by atoms with Crippen molar-refractivity contribution in [3.8, 4) is 6.07 Å². The normalized spacial score (nSPS) is 27.1. The summed E-state index contributed by atoms with van der Waals surface area (Å²) in [7, 11) is 0. The summed E-state index contributed by atoms with van der Waals surface area (Å²) in [4.78, 5) is 0. The summed E-state index contributed by atoms with van der Waals surface area (Å²) in [6, 6.07) is 6.69. The van der Waals surface area contributed by atoms with Gasteiger partial charge in [-0.1, -0.05) is 38.3 Å². The number of hydrogen-bond donors (Lipinski definition) is 1. The Morgan fingerprint density at radius 2 is 1.95 bits per heavy atom. The minimum absolute atomic E-state index is 0.569. The van der Waals surface area contributed by atoms with Crippen LogP contribution in [0.1, 0.15) is 67.4 Å². The van der Waals surface area contributed by atoms with Crippen LogP contribution >= 0.6 is 0 Å². The first-order valence-electron chi connectivity index (χ1n) is 8.10. The first-order valence-corrected chi connectivity index (χ1v) is 8.10. The zero-order valence-corrected chi connectivity index (χ0v) is 13.7. The molecule has 1 saturated carbocycles. The van der Waals surface area contributed by atoms with Gasteiger partial charge in [-0.3, -0.25) is 0 Å². The molecule has 1 fully saturated rings. The van der Waals surface area contributed by atoms with Crippen molar-refractivity contribution in [2.75, 3.05) is 0 Å². The molecule has 0 aromatic heterocycles. The number of aliphatic hydroxyl groups excluding tert-OH is 1. The Morgan fingerprint density at radius 1 is 1.29 bits per heavy atom. The van der Waals surface area contributed by atoms with Crippen molar-refractivity contribution in [1.29, 1.82) is 5.26 Å². The average molecular weight is 285 g/mol. The third-order valence-corrected chi connectivity index (χ3v) is 5.39. The van der Waals surface area contributed by atoms with Gasteiger partial charge in [0.1, 0.15) is 0 Å². The minimum atomic E-state index is -0.670. The topological polar surface area (TPSA) is 44.0 Å². The zero-order valence-electron chi connectivity index (χ0n) is 13.7. The standard InChI is InChI=1S/C19H27NO/c1-5-16-7-6-8-19(11-16,12-20)18(21)17-10-14(3)13(2)9-15(17)4/h9-10,16,18,21H,5-8,11H2,1-4H3. The second kappa shape index (κ2) is 6.20. The van der Waals surface area contributed by atoms with Crippen LogP contribution in [0.15, 0.2) is 12.1 Å².